The maximum atomic E-state index is 11.6. The van der Waals surface area contributed by atoms with Crippen LogP contribution in [0.5, 0.6) is 0 Å². The Labute approximate surface area is 227 Å². The summed E-state index contributed by atoms with van der Waals surface area (Å²) in [5.74, 6) is -0.904. The molecule has 1 unspecified atom stereocenters. The van der Waals surface area contributed by atoms with Gasteiger partial charge in [0.2, 0.25) is 0 Å². The molecule has 0 bridgehead atoms. The number of hydrogen-bond donors (Lipinski definition) is 0. The number of nitrogens with zero attached hydrogens (tertiary/aromatic N) is 2. The minimum Gasteiger partial charge on any atom is -0.544 e. The van der Waals surface area contributed by atoms with Crippen LogP contribution in [-0.4, -0.2) is 62.2 Å². The van der Waals surface area contributed by atoms with Crippen LogP contribution in [0.15, 0.2) is 0 Å². The Hall–Kier alpha value is -0.610. The zero-order chi connectivity index (χ0) is 26.9. The quantitative estimate of drug-likeness (QED) is 0.0798. The summed E-state index contributed by atoms with van der Waals surface area (Å²) in [4.78, 5) is 14.2. The van der Waals surface area contributed by atoms with Crippen molar-refractivity contribution in [3.8, 4) is 0 Å². The minimum absolute atomic E-state index is 0.415. The number of rotatable bonds is 28. The molecule has 0 aromatic heterocycles. The zero-order valence-corrected chi connectivity index (χ0v) is 25.5. The second-order valence-corrected chi connectivity index (χ2v) is 12.3. The maximum Gasteiger partial charge on any atom is 0.129 e. The van der Waals surface area contributed by atoms with Crippen LogP contribution in [0, 0.1) is 0 Å². The molecule has 4 nitrogen and oxygen atoms in total. The van der Waals surface area contributed by atoms with Gasteiger partial charge in [-0.15, -0.1) is 0 Å². The van der Waals surface area contributed by atoms with Crippen LogP contribution in [-0.2, 0) is 4.79 Å². The summed E-state index contributed by atoms with van der Waals surface area (Å²) in [5, 5.41) is 11.6. The second kappa shape index (κ2) is 24.7. The van der Waals surface area contributed by atoms with Crippen LogP contribution < -0.4 is 5.11 Å². The van der Waals surface area contributed by atoms with Gasteiger partial charge in [0.05, 0.1) is 27.1 Å². The van der Waals surface area contributed by atoms with Gasteiger partial charge in [0.25, 0.3) is 0 Å². The largest absolute Gasteiger partial charge is 0.544 e. The maximum absolute atomic E-state index is 11.6. The molecule has 0 aliphatic heterocycles. The topological polar surface area (TPSA) is 43.4 Å². The summed E-state index contributed by atoms with van der Waals surface area (Å²) in [6.45, 7) is 7.94. The van der Waals surface area contributed by atoms with Crippen molar-refractivity contribution in [2.75, 3.05) is 40.8 Å². The number of unbranched alkanes of at least 4 members (excludes halogenated alkanes) is 18. The lowest BCUT2D eigenvalue weighted by atomic mass is 10.1. The summed E-state index contributed by atoms with van der Waals surface area (Å²) in [7, 11) is 5.89. The molecule has 0 saturated heterocycles. The van der Waals surface area contributed by atoms with E-state index in [9.17, 15) is 9.90 Å². The molecular formula is C32H66N2O2. The summed E-state index contributed by atoms with van der Waals surface area (Å²) >= 11 is 0. The molecule has 0 aromatic carbocycles. The Morgan fingerprint density at radius 1 is 0.556 bits per heavy atom. The molecule has 0 heterocycles. The highest BCUT2D eigenvalue weighted by Crippen LogP contribution is 2.15. The molecule has 0 N–H and O–H groups in total. The van der Waals surface area contributed by atoms with Crippen molar-refractivity contribution < 1.29 is 14.4 Å². The van der Waals surface area contributed by atoms with E-state index in [-0.39, 0.29) is 0 Å². The van der Waals surface area contributed by atoms with Gasteiger partial charge in [0.15, 0.2) is 0 Å². The van der Waals surface area contributed by atoms with Gasteiger partial charge in [-0.25, -0.2) is 0 Å². The summed E-state index contributed by atoms with van der Waals surface area (Å²) in [6, 6.07) is -0.415. The normalized spacial score (nSPS) is 12.9. The number of aliphatic carboxylic acids is 1. The summed E-state index contributed by atoms with van der Waals surface area (Å²) in [6.07, 6.45) is 29.2. The fourth-order valence-electron chi connectivity index (χ4n) is 5.31. The van der Waals surface area contributed by atoms with E-state index in [2.05, 4.69) is 18.7 Å². The highest BCUT2D eigenvalue weighted by molar-refractivity contribution is 5.69. The molecule has 0 amide bonds. The lowest BCUT2D eigenvalue weighted by Crippen LogP contribution is -2.54. The lowest BCUT2D eigenvalue weighted by molar-refractivity contribution is -0.889. The number of hydrogen-bond acceptors (Lipinski definition) is 3. The van der Waals surface area contributed by atoms with E-state index in [4.69, 9.17) is 0 Å². The Bertz CT molecular complexity index is 451. The van der Waals surface area contributed by atoms with E-state index in [0.717, 1.165) is 13.0 Å². The monoisotopic (exact) mass is 511 g/mol. The highest BCUT2D eigenvalue weighted by atomic mass is 16.4. The van der Waals surface area contributed by atoms with Crippen molar-refractivity contribution in [1.29, 1.82) is 0 Å². The predicted molar refractivity (Wildman–Crippen MR) is 156 cm³/mol. The van der Waals surface area contributed by atoms with E-state index >= 15 is 0 Å². The average Bonchev–Trinajstić information content (AvgIpc) is 2.82. The number of carboxylic acid groups (broad SMARTS) is 1. The van der Waals surface area contributed by atoms with Crippen LogP contribution in [0.4, 0.5) is 0 Å². The third kappa shape index (κ3) is 22.6. The van der Waals surface area contributed by atoms with Gasteiger partial charge in [-0.05, 0) is 38.9 Å². The second-order valence-electron chi connectivity index (χ2n) is 12.3. The number of quaternary nitrogens is 1. The number of likely N-dealkylation sites (N-methyl/N-ethyl adjacent to an activating group) is 1. The molecule has 0 radical (unpaired) electrons. The van der Waals surface area contributed by atoms with E-state index in [1.165, 1.54) is 142 Å². The molecule has 36 heavy (non-hydrogen) atoms. The molecule has 0 aliphatic rings. The third-order valence-electron chi connectivity index (χ3n) is 7.81. The smallest absolute Gasteiger partial charge is 0.129 e. The van der Waals surface area contributed by atoms with Gasteiger partial charge in [-0.3, -0.25) is 0 Å². The first kappa shape index (κ1) is 35.4. The van der Waals surface area contributed by atoms with Gasteiger partial charge in [-0.1, -0.05) is 129 Å². The first-order valence-electron chi connectivity index (χ1n) is 16.1. The Morgan fingerprint density at radius 2 is 0.861 bits per heavy atom. The lowest BCUT2D eigenvalue weighted by Gasteiger charge is -2.35. The number of carboxylic acids is 1. The molecular weight excluding hydrogens is 444 g/mol. The minimum atomic E-state index is -0.904. The Morgan fingerprint density at radius 3 is 1.17 bits per heavy atom. The van der Waals surface area contributed by atoms with Gasteiger partial charge < -0.3 is 19.3 Å². The van der Waals surface area contributed by atoms with Crippen molar-refractivity contribution >= 4 is 5.97 Å². The van der Waals surface area contributed by atoms with Gasteiger partial charge in [0, 0.05) is 6.42 Å². The van der Waals surface area contributed by atoms with E-state index in [0.29, 0.717) is 10.9 Å². The van der Waals surface area contributed by atoms with E-state index in [1.54, 1.807) is 0 Å². The van der Waals surface area contributed by atoms with Gasteiger partial charge in [-0.2, -0.15) is 0 Å². The molecule has 0 aliphatic carbocycles. The van der Waals surface area contributed by atoms with E-state index in [1.807, 2.05) is 21.1 Å². The fourth-order valence-corrected chi connectivity index (χ4v) is 5.31. The first-order valence-corrected chi connectivity index (χ1v) is 16.1. The number of carbonyl (C=O) groups excluding carboxylic acids is 1. The van der Waals surface area contributed by atoms with Crippen molar-refractivity contribution in [2.24, 2.45) is 0 Å². The predicted octanol–water partition coefficient (Wildman–Crippen LogP) is 7.74. The first-order chi connectivity index (χ1) is 17.3. The van der Waals surface area contributed by atoms with Crippen molar-refractivity contribution in [1.82, 2.24) is 4.90 Å². The molecule has 0 saturated carbocycles. The van der Waals surface area contributed by atoms with Crippen molar-refractivity contribution in [3.63, 3.8) is 0 Å². The van der Waals surface area contributed by atoms with Crippen molar-refractivity contribution in [2.45, 2.75) is 161 Å². The zero-order valence-electron chi connectivity index (χ0n) is 25.5. The molecule has 0 rings (SSSR count). The molecule has 0 fully saturated rings. The molecule has 0 aromatic rings. The third-order valence-corrected chi connectivity index (χ3v) is 7.81. The SMILES string of the molecule is CCCCCCCCCCCCN(CCCCCCCCCCCC)CCCC(C(=O)[O-])[N+](C)(C)C. The summed E-state index contributed by atoms with van der Waals surface area (Å²) in [5.41, 5.74) is 0. The van der Waals surface area contributed by atoms with Crippen LogP contribution in [0.2, 0.25) is 0 Å². The fraction of sp³-hybridized carbons (Fsp3) is 0.969. The van der Waals surface area contributed by atoms with Crippen molar-refractivity contribution in [3.05, 3.63) is 0 Å². The number of carbonyl (C=O) groups is 1. The van der Waals surface area contributed by atoms with Gasteiger partial charge >= 0.3 is 0 Å². The molecule has 1 atom stereocenters. The molecule has 0 spiro atoms. The average molecular weight is 511 g/mol. The van der Waals surface area contributed by atoms with E-state index < -0.39 is 12.0 Å². The standard InChI is InChI=1S/C32H66N2O2/c1-6-8-10-12-14-16-18-20-22-24-28-33(30-26-27-31(32(35)36)34(3,4)5)29-25-23-21-19-17-15-13-11-9-7-2/h31H,6-30H2,1-5H3. The highest BCUT2D eigenvalue weighted by Gasteiger charge is 2.24. The Balaban J connectivity index is 4.19. The van der Waals surface area contributed by atoms with Crippen LogP contribution >= 0.6 is 0 Å². The van der Waals surface area contributed by atoms with Crippen LogP contribution in [0.25, 0.3) is 0 Å². The van der Waals surface area contributed by atoms with Crippen LogP contribution in [0.1, 0.15) is 155 Å². The Kier molecular flexibility index (Phi) is 24.3. The molecule has 4 heteroatoms. The summed E-state index contributed by atoms with van der Waals surface area (Å²) < 4.78 is 0.444. The van der Waals surface area contributed by atoms with Crippen LogP contribution in [0.3, 0.4) is 0 Å². The molecule has 216 valence electrons. The van der Waals surface area contributed by atoms with Gasteiger partial charge in [0.1, 0.15) is 6.04 Å².